The molecule has 0 bridgehead atoms. The van der Waals surface area contributed by atoms with Crippen LogP contribution in [-0.2, 0) is 9.59 Å². The first-order valence-electron chi connectivity index (χ1n) is 8.25. The molecule has 2 N–H and O–H groups in total. The van der Waals surface area contributed by atoms with E-state index >= 15 is 0 Å². The van der Waals surface area contributed by atoms with Gasteiger partial charge in [-0.2, -0.15) is 4.98 Å². The molecule has 3 heterocycles. The van der Waals surface area contributed by atoms with Crippen molar-refractivity contribution in [1.29, 1.82) is 0 Å². The average Bonchev–Trinajstić information content (AvgIpc) is 3.09. The minimum absolute atomic E-state index is 0.0150. The van der Waals surface area contributed by atoms with Crippen molar-refractivity contribution in [2.75, 3.05) is 19.6 Å². The van der Waals surface area contributed by atoms with Gasteiger partial charge in [-0.1, -0.05) is 5.16 Å². The summed E-state index contributed by atoms with van der Waals surface area (Å²) >= 11 is 0. The van der Waals surface area contributed by atoms with Crippen LogP contribution in [0.3, 0.4) is 0 Å². The van der Waals surface area contributed by atoms with Gasteiger partial charge in [0.15, 0.2) is 5.82 Å². The summed E-state index contributed by atoms with van der Waals surface area (Å²) in [7, 11) is 0. The Balaban J connectivity index is 1.57. The number of aromatic nitrogens is 2. The number of likely N-dealkylation sites (tertiary alicyclic amines) is 1. The quantitative estimate of drug-likeness (QED) is 0.827. The molecule has 2 amide bonds. The number of nitrogens with zero attached hydrogens (tertiary/aromatic N) is 3. The Labute approximate surface area is 135 Å². The van der Waals surface area contributed by atoms with Crippen LogP contribution in [-0.4, -0.2) is 52.5 Å². The van der Waals surface area contributed by atoms with Crippen LogP contribution in [0.1, 0.15) is 49.9 Å². The van der Waals surface area contributed by atoms with Crippen LogP contribution in [0.25, 0.3) is 0 Å². The van der Waals surface area contributed by atoms with Crippen molar-refractivity contribution in [1.82, 2.24) is 25.7 Å². The fraction of sp³-hybridized carbons (Fsp3) is 0.733. The van der Waals surface area contributed by atoms with Crippen LogP contribution in [0, 0.1) is 6.92 Å². The zero-order valence-electron chi connectivity index (χ0n) is 13.4. The van der Waals surface area contributed by atoms with E-state index in [-0.39, 0.29) is 24.4 Å². The predicted molar refractivity (Wildman–Crippen MR) is 81.4 cm³/mol. The Morgan fingerprint density at radius 3 is 3.04 bits per heavy atom. The van der Waals surface area contributed by atoms with E-state index in [1.54, 1.807) is 6.92 Å². The van der Waals surface area contributed by atoms with E-state index in [1.165, 1.54) is 0 Å². The lowest BCUT2D eigenvalue weighted by molar-refractivity contribution is -0.129. The molecule has 1 aromatic rings. The van der Waals surface area contributed by atoms with Crippen molar-refractivity contribution < 1.29 is 14.1 Å². The van der Waals surface area contributed by atoms with Gasteiger partial charge >= 0.3 is 0 Å². The molecule has 2 aliphatic heterocycles. The molecule has 0 aliphatic carbocycles. The highest BCUT2D eigenvalue weighted by Crippen LogP contribution is 2.29. The summed E-state index contributed by atoms with van der Waals surface area (Å²) in [6.07, 6.45) is 4.51. The smallest absolute Gasteiger partial charge is 0.242 e. The largest absolute Gasteiger partial charge is 0.354 e. The monoisotopic (exact) mass is 321 g/mol. The zero-order valence-corrected chi connectivity index (χ0v) is 13.4. The predicted octanol–water partition coefficient (Wildman–Crippen LogP) is 0.300. The molecule has 2 saturated heterocycles. The fourth-order valence-electron chi connectivity index (χ4n) is 3.26. The van der Waals surface area contributed by atoms with Crippen LogP contribution in [0.5, 0.6) is 0 Å². The number of nitrogens with one attached hydrogen (secondary N) is 2. The molecule has 0 aromatic carbocycles. The number of hydrogen-bond acceptors (Lipinski definition) is 6. The summed E-state index contributed by atoms with van der Waals surface area (Å²) in [5.74, 6) is 0.966. The van der Waals surface area contributed by atoms with E-state index in [9.17, 15) is 9.59 Å². The molecule has 1 aromatic heterocycles. The highest BCUT2D eigenvalue weighted by Gasteiger charge is 2.32. The van der Waals surface area contributed by atoms with Gasteiger partial charge in [-0.25, -0.2) is 0 Å². The van der Waals surface area contributed by atoms with Crippen molar-refractivity contribution in [3.63, 3.8) is 0 Å². The first kappa shape index (κ1) is 15.9. The van der Waals surface area contributed by atoms with Crippen molar-refractivity contribution in [3.8, 4) is 0 Å². The number of hydrogen-bond donors (Lipinski definition) is 2. The van der Waals surface area contributed by atoms with E-state index in [2.05, 4.69) is 20.8 Å². The van der Waals surface area contributed by atoms with Crippen molar-refractivity contribution in [2.24, 2.45) is 0 Å². The molecule has 2 atom stereocenters. The molecule has 0 spiro atoms. The van der Waals surface area contributed by atoms with E-state index < -0.39 is 6.04 Å². The molecule has 3 rings (SSSR count). The number of rotatable bonds is 4. The van der Waals surface area contributed by atoms with E-state index in [1.807, 2.05) is 4.90 Å². The number of carbonyl (C=O) groups is 2. The topological polar surface area (TPSA) is 100 Å². The Kier molecular flexibility index (Phi) is 4.90. The van der Waals surface area contributed by atoms with Gasteiger partial charge in [-0.05, 0) is 38.6 Å². The van der Waals surface area contributed by atoms with Gasteiger partial charge in [0.05, 0.1) is 12.6 Å². The molecule has 8 heteroatoms. The van der Waals surface area contributed by atoms with Crippen LogP contribution >= 0.6 is 0 Å². The van der Waals surface area contributed by atoms with E-state index in [0.717, 1.165) is 32.2 Å². The maximum absolute atomic E-state index is 12.3. The second kappa shape index (κ2) is 7.08. The fourth-order valence-corrected chi connectivity index (χ4v) is 3.26. The summed E-state index contributed by atoms with van der Waals surface area (Å²) in [4.78, 5) is 30.5. The first-order chi connectivity index (χ1) is 11.1. The molecule has 0 radical (unpaired) electrons. The highest BCUT2D eigenvalue weighted by molar-refractivity contribution is 5.88. The number of amides is 2. The maximum Gasteiger partial charge on any atom is 0.242 e. The van der Waals surface area contributed by atoms with Crippen LogP contribution in [0.15, 0.2) is 4.52 Å². The average molecular weight is 321 g/mol. The lowest BCUT2D eigenvalue weighted by atomic mass is 10.1. The number of carbonyl (C=O) groups excluding carboxylic acids is 2. The SMILES string of the molecule is Cc1nc(C2CCCN2CC(=O)NC2CCCCNC2=O)no1. The van der Waals surface area contributed by atoms with Gasteiger partial charge in [0.2, 0.25) is 17.7 Å². The van der Waals surface area contributed by atoms with Crippen molar-refractivity contribution in [2.45, 2.75) is 51.1 Å². The molecule has 23 heavy (non-hydrogen) atoms. The summed E-state index contributed by atoms with van der Waals surface area (Å²) in [5, 5.41) is 9.66. The van der Waals surface area contributed by atoms with Gasteiger partial charge < -0.3 is 15.2 Å². The maximum atomic E-state index is 12.3. The highest BCUT2D eigenvalue weighted by atomic mass is 16.5. The Morgan fingerprint density at radius 2 is 2.26 bits per heavy atom. The minimum Gasteiger partial charge on any atom is -0.354 e. The van der Waals surface area contributed by atoms with Gasteiger partial charge in [0, 0.05) is 13.5 Å². The number of aryl methyl sites for hydroxylation is 1. The van der Waals surface area contributed by atoms with Crippen LogP contribution < -0.4 is 10.6 Å². The van der Waals surface area contributed by atoms with Crippen molar-refractivity contribution >= 4 is 11.8 Å². The Morgan fingerprint density at radius 1 is 1.39 bits per heavy atom. The van der Waals surface area contributed by atoms with Crippen LogP contribution in [0.2, 0.25) is 0 Å². The molecular formula is C15H23N5O3. The third-order valence-electron chi connectivity index (χ3n) is 4.42. The van der Waals surface area contributed by atoms with Gasteiger partial charge in [0.1, 0.15) is 6.04 Å². The lowest BCUT2D eigenvalue weighted by Gasteiger charge is -2.22. The normalized spacial score (nSPS) is 25.9. The van der Waals surface area contributed by atoms with Crippen molar-refractivity contribution in [3.05, 3.63) is 11.7 Å². The second-order valence-corrected chi connectivity index (χ2v) is 6.21. The summed E-state index contributed by atoms with van der Waals surface area (Å²) in [5.41, 5.74) is 0. The zero-order chi connectivity index (χ0) is 16.2. The standard InChI is InChI=1S/C15H23N5O3/c1-10-17-14(19-23-10)12-6-4-8-20(12)9-13(21)18-11-5-2-3-7-16-15(11)22/h11-12H,2-9H2,1H3,(H,16,22)(H,18,21). The summed E-state index contributed by atoms with van der Waals surface area (Å²) in [6.45, 7) is 3.52. The lowest BCUT2D eigenvalue weighted by Crippen LogP contribution is -2.48. The Bertz CT molecular complexity index is 573. The molecular weight excluding hydrogens is 298 g/mol. The second-order valence-electron chi connectivity index (χ2n) is 6.21. The molecule has 126 valence electrons. The molecule has 0 saturated carbocycles. The Hall–Kier alpha value is -1.96. The third kappa shape index (κ3) is 3.87. The van der Waals surface area contributed by atoms with E-state index in [4.69, 9.17) is 4.52 Å². The molecule has 2 fully saturated rings. The van der Waals surface area contributed by atoms with Gasteiger partial charge in [0.25, 0.3) is 0 Å². The molecule has 2 aliphatic rings. The minimum atomic E-state index is -0.418. The third-order valence-corrected chi connectivity index (χ3v) is 4.42. The summed E-state index contributed by atoms with van der Waals surface area (Å²) < 4.78 is 5.04. The first-order valence-corrected chi connectivity index (χ1v) is 8.25. The van der Waals surface area contributed by atoms with Gasteiger partial charge in [-0.3, -0.25) is 14.5 Å². The molecule has 8 nitrogen and oxygen atoms in total. The summed E-state index contributed by atoms with van der Waals surface area (Å²) in [6, 6.07) is -0.403. The molecule has 2 unspecified atom stereocenters. The van der Waals surface area contributed by atoms with E-state index in [0.29, 0.717) is 24.7 Å². The van der Waals surface area contributed by atoms with Crippen LogP contribution in [0.4, 0.5) is 0 Å². The van der Waals surface area contributed by atoms with Gasteiger partial charge in [-0.15, -0.1) is 0 Å².